The zero-order valence-electron chi connectivity index (χ0n) is 19.3. The summed E-state index contributed by atoms with van der Waals surface area (Å²) in [6.07, 6.45) is 0. The monoisotopic (exact) mass is 454 g/mol. The summed E-state index contributed by atoms with van der Waals surface area (Å²) in [6.45, 7) is 6.06. The van der Waals surface area contributed by atoms with Crippen LogP contribution in [0.5, 0.6) is 0 Å². The van der Waals surface area contributed by atoms with Gasteiger partial charge in [0.1, 0.15) is 0 Å². The van der Waals surface area contributed by atoms with Crippen LogP contribution in [-0.4, -0.2) is 22.0 Å². The van der Waals surface area contributed by atoms with Crippen molar-refractivity contribution in [2.24, 2.45) is 5.92 Å². The maximum atomic E-state index is 12.6. The Labute approximate surface area is 198 Å². The van der Waals surface area contributed by atoms with Crippen LogP contribution in [0.25, 0.3) is 22.9 Å². The number of carbonyl (C=O) groups is 2. The average Bonchev–Trinajstić information content (AvgIpc) is 3.34. The topological polar surface area (TPSA) is 97.1 Å². The number of aromatic nitrogens is 2. The molecule has 0 unspecified atom stereocenters. The first-order valence-corrected chi connectivity index (χ1v) is 11.1. The quantitative estimate of drug-likeness (QED) is 0.398. The van der Waals surface area contributed by atoms with Crippen molar-refractivity contribution >= 4 is 17.5 Å². The molecule has 172 valence electrons. The Balaban J connectivity index is 1.36. The molecule has 0 atom stereocenters. The number of benzene rings is 3. The smallest absolute Gasteiger partial charge is 0.251 e. The fourth-order valence-electron chi connectivity index (χ4n) is 3.30. The van der Waals surface area contributed by atoms with E-state index >= 15 is 0 Å². The number of nitrogens with one attached hydrogen (secondary N) is 2. The lowest BCUT2D eigenvalue weighted by Gasteiger charge is -2.09. The number of carbonyl (C=O) groups excluding carboxylic acids is 2. The highest BCUT2D eigenvalue weighted by molar-refractivity contribution is 5.94. The number of hydrogen-bond acceptors (Lipinski definition) is 5. The van der Waals surface area contributed by atoms with Crippen LogP contribution in [0.1, 0.15) is 35.3 Å². The molecule has 7 heteroatoms. The maximum absolute atomic E-state index is 12.6. The normalized spacial score (nSPS) is 10.8. The van der Waals surface area contributed by atoms with E-state index in [0.717, 1.165) is 27.9 Å². The molecule has 3 aromatic carbocycles. The van der Waals surface area contributed by atoms with Crippen molar-refractivity contribution in [1.29, 1.82) is 0 Å². The van der Waals surface area contributed by atoms with Crippen molar-refractivity contribution < 1.29 is 14.0 Å². The highest BCUT2D eigenvalue weighted by Crippen LogP contribution is 2.26. The highest BCUT2D eigenvalue weighted by Gasteiger charge is 2.13. The van der Waals surface area contributed by atoms with Crippen molar-refractivity contribution in [2.45, 2.75) is 27.3 Å². The molecule has 0 saturated carbocycles. The molecular weight excluding hydrogens is 428 g/mol. The van der Waals surface area contributed by atoms with E-state index in [9.17, 15) is 9.59 Å². The maximum Gasteiger partial charge on any atom is 0.251 e. The lowest BCUT2D eigenvalue weighted by Crippen LogP contribution is -2.22. The number of aryl methyl sites for hydroxylation is 1. The molecule has 2 amide bonds. The highest BCUT2D eigenvalue weighted by atomic mass is 16.4. The molecule has 34 heavy (non-hydrogen) atoms. The Morgan fingerprint density at radius 2 is 1.56 bits per heavy atom. The molecule has 0 fully saturated rings. The van der Waals surface area contributed by atoms with E-state index in [1.165, 1.54) is 0 Å². The Morgan fingerprint density at radius 1 is 0.882 bits per heavy atom. The van der Waals surface area contributed by atoms with E-state index in [1.807, 2.05) is 69.3 Å². The molecule has 0 aliphatic carbocycles. The minimum absolute atomic E-state index is 0.0311. The molecule has 1 heterocycles. The van der Waals surface area contributed by atoms with E-state index < -0.39 is 0 Å². The standard InChI is InChI=1S/C27H26N4O3/c1-17(2)24(32)29-22-14-8-19(9-15-22)16-28-25(33)20-10-12-21(13-11-20)26-30-31-27(34-26)23-7-5-4-6-18(23)3/h4-15,17H,16H2,1-3H3,(H,28,33)(H,29,32). The third-order valence-electron chi connectivity index (χ3n) is 5.39. The predicted molar refractivity (Wildman–Crippen MR) is 131 cm³/mol. The van der Waals surface area contributed by atoms with Gasteiger partial charge in [-0.15, -0.1) is 10.2 Å². The lowest BCUT2D eigenvalue weighted by molar-refractivity contribution is -0.118. The van der Waals surface area contributed by atoms with E-state index in [-0.39, 0.29) is 17.7 Å². The summed E-state index contributed by atoms with van der Waals surface area (Å²) in [5.41, 5.74) is 4.89. The molecule has 0 radical (unpaired) electrons. The van der Waals surface area contributed by atoms with Gasteiger partial charge >= 0.3 is 0 Å². The van der Waals surface area contributed by atoms with Gasteiger partial charge in [0.25, 0.3) is 5.91 Å². The molecule has 2 N–H and O–H groups in total. The van der Waals surface area contributed by atoms with Crippen LogP contribution >= 0.6 is 0 Å². The van der Waals surface area contributed by atoms with Gasteiger partial charge in [-0.2, -0.15) is 0 Å². The van der Waals surface area contributed by atoms with Gasteiger partial charge < -0.3 is 15.1 Å². The van der Waals surface area contributed by atoms with Crippen LogP contribution in [0.4, 0.5) is 5.69 Å². The molecule has 0 aliphatic heterocycles. The minimum Gasteiger partial charge on any atom is -0.416 e. The first-order valence-electron chi connectivity index (χ1n) is 11.1. The van der Waals surface area contributed by atoms with Crippen molar-refractivity contribution in [3.05, 3.63) is 89.5 Å². The zero-order chi connectivity index (χ0) is 24.1. The van der Waals surface area contributed by atoms with Gasteiger partial charge in [-0.25, -0.2) is 0 Å². The van der Waals surface area contributed by atoms with Crippen LogP contribution in [0, 0.1) is 12.8 Å². The van der Waals surface area contributed by atoms with Gasteiger partial charge in [-0.05, 0) is 60.5 Å². The summed E-state index contributed by atoms with van der Waals surface area (Å²) >= 11 is 0. The second-order valence-electron chi connectivity index (χ2n) is 8.33. The molecule has 0 spiro atoms. The fraction of sp³-hybridized carbons (Fsp3) is 0.185. The predicted octanol–water partition coefficient (Wildman–Crippen LogP) is 5.24. The molecule has 7 nitrogen and oxygen atoms in total. The summed E-state index contributed by atoms with van der Waals surface area (Å²) in [4.78, 5) is 24.3. The van der Waals surface area contributed by atoms with Gasteiger partial charge in [-0.1, -0.05) is 44.2 Å². The summed E-state index contributed by atoms with van der Waals surface area (Å²) in [7, 11) is 0. The van der Waals surface area contributed by atoms with Crippen molar-refractivity contribution in [3.8, 4) is 22.9 Å². The zero-order valence-corrected chi connectivity index (χ0v) is 19.3. The molecule has 4 rings (SSSR count). The third-order valence-corrected chi connectivity index (χ3v) is 5.39. The Bertz CT molecular complexity index is 1290. The Kier molecular flexibility index (Phi) is 6.82. The van der Waals surface area contributed by atoms with Crippen LogP contribution in [-0.2, 0) is 11.3 Å². The summed E-state index contributed by atoms with van der Waals surface area (Å²) in [5.74, 6) is 0.561. The van der Waals surface area contributed by atoms with Crippen LogP contribution < -0.4 is 10.6 Å². The molecule has 1 aromatic heterocycles. The number of hydrogen-bond donors (Lipinski definition) is 2. The molecule has 0 aliphatic rings. The van der Waals surface area contributed by atoms with Crippen molar-refractivity contribution in [3.63, 3.8) is 0 Å². The lowest BCUT2D eigenvalue weighted by atomic mass is 10.1. The number of rotatable bonds is 7. The Morgan fingerprint density at radius 3 is 2.24 bits per heavy atom. The van der Waals surface area contributed by atoms with E-state index in [4.69, 9.17) is 4.42 Å². The van der Waals surface area contributed by atoms with Gasteiger partial charge in [0.2, 0.25) is 17.7 Å². The molecular formula is C27H26N4O3. The minimum atomic E-state index is -0.185. The summed E-state index contributed by atoms with van der Waals surface area (Å²) in [6, 6.07) is 22.3. The van der Waals surface area contributed by atoms with Crippen LogP contribution in [0.2, 0.25) is 0 Å². The van der Waals surface area contributed by atoms with Crippen molar-refractivity contribution in [2.75, 3.05) is 5.32 Å². The molecule has 0 bridgehead atoms. The van der Waals surface area contributed by atoms with E-state index in [0.29, 0.717) is 23.9 Å². The second kappa shape index (κ2) is 10.1. The number of anilines is 1. The summed E-state index contributed by atoms with van der Waals surface area (Å²) < 4.78 is 5.84. The van der Waals surface area contributed by atoms with Crippen LogP contribution in [0.15, 0.2) is 77.2 Å². The summed E-state index contributed by atoms with van der Waals surface area (Å²) in [5, 5.41) is 14.1. The SMILES string of the molecule is Cc1ccccc1-c1nnc(-c2ccc(C(=O)NCc3ccc(NC(=O)C(C)C)cc3)cc2)o1. The van der Waals surface area contributed by atoms with E-state index in [2.05, 4.69) is 20.8 Å². The molecule has 0 saturated heterocycles. The first kappa shape index (κ1) is 22.9. The van der Waals surface area contributed by atoms with Gasteiger partial charge in [0, 0.05) is 34.8 Å². The number of nitrogens with zero attached hydrogens (tertiary/aromatic N) is 2. The number of amides is 2. The van der Waals surface area contributed by atoms with Gasteiger partial charge in [0.15, 0.2) is 0 Å². The molecule has 4 aromatic rings. The third kappa shape index (κ3) is 5.38. The van der Waals surface area contributed by atoms with Crippen molar-refractivity contribution in [1.82, 2.24) is 15.5 Å². The van der Waals surface area contributed by atoms with Gasteiger partial charge in [0.05, 0.1) is 0 Å². The average molecular weight is 455 g/mol. The van der Waals surface area contributed by atoms with E-state index in [1.54, 1.807) is 24.3 Å². The second-order valence-corrected chi connectivity index (χ2v) is 8.33. The fourth-order valence-corrected chi connectivity index (χ4v) is 3.30. The largest absolute Gasteiger partial charge is 0.416 e. The van der Waals surface area contributed by atoms with Gasteiger partial charge in [-0.3, -0.25) is 9.59 Å². The Hall–Kier alpha value is -4.26. The first-order chi connectivity index (χ1) is 16.4. The van der Waals surface area contributed by atoms with Crippen LogP contribution in [0.3, 0.4) is 0 Å².